The monoisotopic (exact) mass is 253 g/mol. The van der Waals surface area contributed by atoms with E-state index in [4.69, 9.17) is 4.74 Å². The molecule has 2 rings (SSSR count). The van der Waals surface area contributed by atoms with Gasteiger partial charge in [0.25, 0.3) is 0 Å². The Morgan fingerprint density at radius 3 is 2.78 bits per heavy atom. The molecule has 1 aliphatic heterocycles. The Morgan fingerprint density at radius 2 is 2.28 bits per heavy atom. The summed E-state index contributed by atoms with van der Waals surface area (Å²) in [6, 6.07) is 0. The van der Waals surface area contributed by atoms with Crippen molar-refractivity contribution in [3.63, 3.8) is 0 Å². The van der Waals surface area contributed by atoms with E-state index in [-0.39, 0.29) is 11.5 Å². The van der Waals surface area contributed by atoms with Gasteiger partial charge in [-0.25, -0.2) is 9.48 Å². The minimum absolute atomic E-state index is 0.0955. The van der Waals surface area contributed by atoms with Crippen LogP contribution in [0.5, 0.6) is 0 Å². The molecule has 1 aromatic rings. The smallest absolute Gasteiger partial charge is 0.331 e. The van der Waals surface area contributed by atoms with E-state index >= 15 is 0 Å². The molecule has 1 N–H and O–H groups in total. The number of aliphatic carboxylic acids is 1. The first-order chi connectivity index (χ1) is 8.36. The van der Waals surface area contributed by atoms with Crippen LogP contribution in [-0.4, -0.2) is 38.8 Å². The average Bonchev–Trinajstić information content (AvgIpc) is 2.81. The molecule has 0 amide bonds. The maximum Gasteiger partial charge on any atom is 0.331 e. The molecule has 100 valence electrons. The van der Waals surface area contributed by atoms with E-state index in [0.29, 0.717) is 19.4 Å². The fourth-order valence-corrected chi connectivity index (χ4v) is 2.33. The fourth-order valence-electron chi connectivity index (χ4n) is 2.33. The molecule has 1 fully saturated rings. The van der Waals surface area contributed by atoms with Gasteiger partial charge in [-0.05, 0) is 5.41 Å². The number of carboxylic acids is 1. The standard InChI is InChI=1S/C12H19N3O3/c1-11(2,3)9-8-12(10(16)17,4-7-18-9)15-6-5-13-14-15/h5-6,9H,4,7-8H2,1-3H3,(H,16,17). The van der Waals surface area contributed by atoms with Gasteiger partial charge in [0.1, 0.15) is 0 Å². The van der Waals surface area contributed by atoms with Gasteiger partial charge >= 0.3 is 5.97 Å². The molecule has 0 radical (unpaired) electrons. The highest BCUT2D eigenvalue weighted by molar-refractivity contribution is 5.76. The third kappa shape index (κ3) is 2.12. The van der Waals surface area contributed by atoms with Gasteiger partial charge in [-0.2, -0.15) is 0 Å². The third-order valence-electron chi connectivity index (χ3n) is 3.58. The van der Waals surface area contributed by atoms with Crippen LogP contribution < -0.4 is 0 Å². The van der Waals surface area contributed by atoms with Crippen molar-refractivity contribution < 1.29 is 14.6 Å². The minimum Gasteiger partial charge on any atom is -0.479 e. The highest BCUT2D eigenvalue weighted by Gasteiger charge is 2.48. The van der Waals surface area contributed by atoms with Gasteiger partial charge in [0.15, 0.2) is 5.54 Å². The number of aromatic nitrogens is 3. The number of carboxylic acid groups (broad SMARTS) is 1. The van der Waals surface area contributed by atoms with E-state index in [9.17, 15) is 9.90 Å². The number of rotatable bonds is 2. The molecule has 0 spiro atoms. The van der Waals surface area contributed by atoms with Crippen LogP contribution in [0, 0.1) is 5.41 Å². The lowest BCUT2D eigenvalue weighted by Crippen LogP contribution is -2.52. The number of ether oxygens (including phenoxy) is 1. The molecule has 0 saturated carbocycles. The van der Waals surface area contributed by atoms with E-state index in [1.807, 2.05) is 0 Å². The molecule has 0 aliphatic carbocycles. The van der Waals surface area contributed by atoms with Gasteiger partial charge in [0, 0.05) is 25.6 Å². The Hall–Kier alpha value is -1.43. The Bertz CT molecular complexity index is 424. The molecule has 1 aliphatic rings. The number of hydrogen-bond acceptors (Lipinski definition) is 4. The zero-order valence-electron chi connectivity index (χ0n) is 11.0. The summed E-state index contributed by atoms with van der Waals surface area (Å²) < 4.78 is 7.18. The van der Waals surface area contributed by atoms with Crippen LogP contribution in [0.1, 0.15) is 33.6 Å². The van der Waals surface area contributed by atoms with E-state index in [2.05, 4.69) is 31.1 Å². The molecule has 1 saturated heterocycles. The van der Waals surface area contributed by atoms with Crippen molar-refractivity contribution in [1.82, 2.24) is 15.0 Å². The lowest BCUT2D eigenvalue weighted by Gasteiger charge is -2.42. The average molecular weight is 253 g/mol. The molecule has 2 atom stereocenters. The van der Waals surface area contributed by atoms with Crippen LogP contribution in [0.4, 0.5) is 0 Å². The summed E-state index contributed by atoms with van der Waals surface area (Å²) in [5, 5.41) is 17.2. The zero-order valence-corrected chi connectivity index (χ0v) is 11.0. The van der Waals surface area contributed by atoms with Crippen LogP contribution in [0.25, 0.3) is 0 Å². The van der Waals surface area contributed by atoms with E-state index < -0.39 is 11.5 Å². The zero-order chi connectivity index (χ0) is 13.4. The van der Waals surface area contributed by atoms with Gasteiger partial charge in [-0.15, -0.1) is 5.10 Å². The normalized spacial score (nSPS) is 29.2. The molecule has 6 nitrogen and oxygen atoms in total. The molecular weight excluding hydrogens is 234 g/mol. The van der Waals surface area contributed by atoms with Crippen LogP contribution in [0.15, 0.2) is 12.4 Å². The molecule has 18 heavy (non-hydrogen) atoms. The fraction of sp³-hybridized carbons (Fsp3) is 0.750. The van der Waals surface area contributed by atoms with Crippen molar-refractivity contribution in [3.05, 3.63) is 12.4 Å². The van der Waals surface area contributed by atoms with Crippen molar-refractivity contribution in [2.24, 2.45) is 5.41 Å². The predicted octanol–water partition coefficient (Wildman–Crippen LogP) is 1.28. The Balaban J connectivity index is 2.35. The Kier molecular flexibility index (Phi) is 3.14. The van der Waals surface area contributed by atoms with Crippen LogP contribution in [-0.2, 0) is 15.1 Å². The maximum atomic E-state index is 11.7. The van der Waals surface area contributed by atoms with Crippen molar-refractivity contribution >= 4 is 5.97 Å². The highest BCUT2D eigenvalue weighted by atomic mass is 16.5. The number of nitrogens with zero attached hydrogens (tertiary/aromatic N) is 3. The first kappa shape index (κ1) is 13.0. The number of carbonyl (C=O) groups is 1. The lowest BCUT2D eigenvalue weighted by atomic mass is 9.77. The van der Waals surface area contributed by atoms with Gasteiger partial charge in [-0.3, -0.25) is 0 Å². The third-order valence-corrected chi connectivity index (χ3v) is 3.58. The van der Waals surface area contributed by atoms with Gasteiger partial charge in [0.2, 0.25) is 0 Å². The summed E-state index contributed by atoms with van der Waals surface area (Å²) in [4.78, 5) is 11.7. The van der Waals surface area contributed by atoms with Crippen LogP contribution in [0.3, 0.4) is 0 Å². The second-order valence-corrected chi connectivity index (χ2v) is 5.86. The summed E-state index contributed by atoms with van der Waals surface area (Å²) in [5.41, 5.74) is -1.13. The van der Waals surface area contributed by atoms with Gasteiger partial charge < -0.3 is 9.84 Å². The van der Waals surface area contributed by atoms with E-state index in [1.165, 1.54) is 10.9 Å². The van der Waals surface area contributed by atoms with Crippen LogP contribution >= 0.6 is 0 Å². The summed E-state index contributed by atoms with van der Waals surface area (Å²) in [6.45, 7) is 6.58. The molecule has 2 unspecified atom stereocenters. The summed E-state index contributed by atoms with van der Waals surface area (Å²) in [5.74, 6) is -0.870. The maximum absolute atomic E-state index is 11.7. The number of hydrogen-bond donors (Lipinski definition) is 1. The molecular formula is C12H19N3O3. The topological polar surface area (TPSA) is 77.2 Å². The van der Waals surface area contributed by atoms with Gasteiger partial charge in [0.05, 0.1) is 12.3 Å². The minimum atomic E-state index is -1.04. The summed E-state index contributed by atoms with van der Waals surface area (Å²) in [7, 11) is 0. The molecule has 0 bridgehead atoms. The second kappa shape index (κ2) is 4.35. The molecule has 1 aromatic heterocycles. The lowest BCUT2D eigenvalue weighted by molar-refractivity contribution is -0.162. The Morgan fingerprint density at radius 1 is 1.56 bits per heavy atom. The SMILES string of the molecule is CC(C)(C)C1CC(C(=O)O)(n2ccnn2)CCO1. The second-order valence-electron chi connectivity index (χ2n) is 5.86. The molecule has 6 heteroatoms. The van der Waals surface area contributed by atoms with Gasteiger partial charge in [-0.1, -0.05) is 26.0 Å². The predicted molar refractivity (Wildman–Crippen MR) is 64.1 cm³/mol. The Labute approximate surface area is 106 Å². The van der Waals surface area contributed by atoms with E-state index in [1.54, 1.807) is 6.20 Å². The van der Waals surface area contributed by atoms with Crippen molar-refractivity contribution in [3.8, 4) is 0 Å². The molecule has 0 aromatic carbocycles. The largest absolute Gasteiger partial charge is 0.479 e. The summed E-state index contributed by atoms with van der Waals surface area (Å²) in [6.07, 6.45) is 3.84. The van der Waals surface area contributed by atoms with Crippen LogP contribution in [0.2, 0.25) is 0 Å². The highest BCUT2D eigenvalue weighted by Crippen LogP contribution is 2.38. The van der Waals surface area contributed by atoms with E-state index in [0.717, 1.165) is 0 Å². The first-order valence-corrected chi connectivity index (χ1v) is 6.08. The summed E-state index contributed by atoms with van der Waals surface area (Å²) >= 11 is 0. The van der Waals surface area contributed by atoms with Crippen molar-refractivity contribution in [2.75, 3.05) is 6.61 Å². The molecule has 2 heterocycles. The van der Waals surface area contributed by atoms with Crippen molar-refractivity contribution in [2.45, 2.75) is 45.3 Å². The quantitative estimate of drug-likeness (QED) is 0.859. The van der Waals surface area contributed by atoms with Crippen molar-refractivity contribution in [1.29, 1.82) is 0 Å². The first-order valence-electron chi connectivity index (χ1n) is 6.08.